The second-order valence-corrected chi connectivity index (χ2v) is 4.15. The van der Waals surface area contributed by atoms with Crippen LogP contribution in [-0.2, 0) is 6.42 Å². The van der Waals surface area contributed by atoms with E-state index in [1.807, 2.05) is 13.8 Å². The molecule has 0 spiro atoms. The van der Waals surface area contributed by atoms with Crippen LogP contribution in [-0.4, -0.2) is 34.8 Å². The van der Waals surface area contributed by atoms with Crippen LogP contribution in [0.3, 0.4) is 0 Å². The molecule has 0 saturated heterocycles. The Labute approximate surface area is 108 Å². The number of hydrogen-bond acceptors (Lipinski definition) is 6. The van der Waals surface area contributed by atoms with E-state index in [0.29, 0.717) is 12.4 Å². The van der Waals surface area contributed by atoms with E-state index in [4.69, 9.17) is 10.9 Å². The molecule has 0 aliphatic rings. The molecule has 0 aliphatic heterocycles. The van der Waals surface area contributed by atoms with Crippen LogP contribution < -0.4 is 16.2 Å². The normalized spacial score (nSPS) is 10.5. The summed E-state index contributed by atoms with van der Waals surface area (Å²) in [4.78, 5) is 10.9. The van der Waals surface area contributed by atoms with Crippen molar-refractivity contribution >= 4 is 11.6 Å². The lowest BCUT2D eigenvalue weighted by Crippen LogP contribution is -2.30. The van der Waals surface area contributed by atoms with Crippen molar-refractivity contribution in [3.63, 3.8) is 0 Å². The molecule has 0 amide bonds. The maximum Gasteiger partial charge on any atom is 0.148 e. The molecule has 0 radical (unpaired) electrons. The van der Waals surface area contributed by atoms with Gasteiger partial charge < -0.3 is 15.4 Å². The maximum atomic E-state index is 9.14. The van der Waals surface area contributed by atoms with Gasteiger partial charge in [0.2, 0.25) is 0 Å². The number of aryl methyl sites for hydroxylation is 1. The Kier molecular flexibility index (Phi) is 5.80. The Morgan fingerprint density at radius 2 is 2.00 bits per heavy atom. The highest BCUT2D eigenvalue weighted by molar-refractivity contribution is 5.58. The van der Waals surface area contributed by atoms with Gasteiger partial charge in [-0.1, -0.05) is 13.8 Å². The lowest BCUT2D eigenvalue weighted by Gasteiger charge is -2.25. The Morgan fingerprint density at radius 3 is 2.50 bits per heavy atom. The lowest BCUT2D eigenvalue weighted by atomic mass is 10.2. The van der Waals surface area contributed by atoms with Crippen LogP contribution in [0.15, 0.2) is 0 Å². The summed E-state index contributed by atoms with van der Waals surface area (Å²) in [5.41, 5.74) is 3.52. The van der Waals surface area contributed by atoms with Crippen molar-refractivity contribution in [2.24, 2.45) is 5.84 Å². The molecule has 18 heavy (non-hydrogen) atoms. The van der Waals surface area contributed by atoms with E-state index in [1.165, 1.54) is 0 Å². The molecule has 0 fully saturated rings. The quantitative estimate of drug-likeness (QED) is 0.493. The molecule has 0 bridgehead atoms. The van der Waals surface area contributed by atoms with Crippen molar-refractivity contribution in [2.75, 3.05) is 30.0 Å². The Hall–Kier alpha value is -1.40. The largest absolute Gasteiger partial charge is 0.395 e. The van der Waals surface area contributed by atoms with E-state index in [-0.39, 0.29) is 6.61 Å². The Morgan fingerprint density at radius 1 is 1.28 bits per heavy atom. The summed E-state index contributed by atoms with van der Waals surface area (Å²) in [5, 5.41) is 9.14. The molecule has 1 rings (SSSR count). The van der Waals surface area contributed by atoms with Crippen LogP contribution in [0.4, 0.5) is 11.6 Å². The second kappa shape index (κ2) is 7.13. The number of aliphatic hydroxyl groups excluding tert-OH is 1. The fourth-order valence-electron chi connectivity index (χ4n) is 1.87. The smallest absolute Gasteiger partial charge is 0.148 e. The highest BCUT2D eigenvalue weighted by Gasteiger charge is 2.15. The number of hydrogen-bond donors (Lipinski definition) is 3. The molecule has 0 unspecified atom stereocenters. The Bertz CT molecular complexity index is 377. The van der Waals surface area contributed by atoms with E-state index >= 15 is 0 Å². The fraction of sp³-hybridized carbons (Fsp3) is 0.667. The molecule has 1 aromatic rings. The zero-order valence-corrected chi connectivity index (χ0v) is 11.4. The van der Waals surface area contributed by atoms with E-state index in [1.54, 1.807) is 0 Å². The molecular weight excluding hydrogens is 230 g/mol. The number of hydrazine groups is 1. The third-order valence-electron chi connectivity index (χ3n) is 2.78. The van der Waals surface area contributed by atoms with E-state index in [2.05, 4.69) is 27.2 Å². The van der Waals surface area contributed by atoms with Gasteiger partial charge in [-0.05, 0) is 13.3 Å². The summed E-state index contributed by atoms with van der Waals surface area (Å²) >= 11 is 0. The first-order valence-electron chi connectivity index (χ1n) is 6.37. The maximum absolute atomic E-state index is 9.14. The molecule has 6 heteroatoms. The molecule has 1 heterocycles. The number of anilines is 2. The topological polar surface area (TPSA) is 87.3 Å². The molecule has 0 aromatic carbocycles. The van der Waals surface area contributed by atoms with Crippen LogP contribution in [0, 0.1) is 6.92 Å². The number of aromatic nitrogens is 2. The predicted octanol–water partition coefficient (Wildman–Crippen LogP) is 0.842. The molecule has 0 aliphatic carbocycles. The first kappa shape index (κ1) is 14.7. The molecule has 102 valence electrons. The van der Waals surface area contributed by atoms with Crippen molar-refractivity contribution in [3.8, 4) is 0 Å². The van der Waals surface area contributed by atoms with Gasteiger partial charge in [0.1, 0.15) is 17.5 Å². The zero-order chi connectivity index (χ0) is 13.5. The van der Waals surface area contributed by atoms with Crippen molar-refractivity contribution in [2.45, 2.75) is 33.6 Å². The third-order valence-corrected chi connectivity index (χ3v) is 2.78. The van der Waals surface area contributed by atoms with Gasteiger partial charge in [-0.15, -0.1) is 0 Å². The highest BCUT2D eigenvalue weighted by atomic mass is 16.3. The second-order valence-electron chi connectivity index (χ2n) is 4.15. The van der Waals surface area contributed by atoms with Crippen molar-refractivity contribution < 1.29 is 5.11 Å². The molecular formula is C12H23N5O. The minimum atomic E-state index is 0.107. The van der Waals surface area contributed by atoms with Gasteiger partial charge in [-0.3, -0.25) is 0 Å². The summed E-state index contributed by atoms with van der Waals surface area (Å²) in [5.74, 6) is 7.74. The Balaban J connectivity index is 3.17. The van der Waals surface area contributed by atoms with Gasteiger partial charge >= 0.3 is 0 Å². The van der Waals surface area contributed by atoms with E-state index in [9.17, 15) is 0 Å². The average Bonchev–Trinajstić information content (AvgIpc) is 2.39. The number of rotatable bonds is 7. The SMILES string of the molecule is CCCN(CCO)c1nc(CC)nc(NN)c1C. The van der Waals surface area contributed by atoms with Crippen LogP contribution in [0.2, 0.25) is 0 Å². The summed E-state index contributed by atoms with van der Waals surface area (Å²) in [6, 6.07) is 0. The van der Waals surface area contributed by atoms with Crippen LogP contribution in [0.1, 0.15) is 31.7 Å². The molecule has 0 atom stereocenters. The van der Waals surface area contributed by atoms with Gasteiger partial charge in [-0.25, -0.2) is 15.8 Å². The van der Waals surface area contributed by atoms with Crippen molar-refractivity contribution in [3.05, 3.63) is 11.4 Å². The number of nitrogen functional groups attached to an aromatic ring is 1. The van der Waals surface area contributed by atoms with Crippen molar-refractivity contribution in [1.29, 1.82) is 0 Å². The molecule has 0 saturated carbocycles. The summed E-state index contributed by atoms with van der Waals surface area (Å²) in [6.45, 7) is 7.57. The molecule has 4 N–H and O–H groups in total. The van der Waals surface area contributed by atoms with Crippen LogP contribution in [0.5, 0.6) is 0 Å². The van der Waals surface area contributed by atoms with Gasteiger partial charge in [0, 0.05) is 25.1 Å². The van der Waals surface area contributed by atoms with Gasteiger partial charge in [-0.2, -0.15) is 0 Å². The van der Waals surface area contributed by atoms with E-state index in [0.717, 1.165) is 36.6 Å². The highest BCUT2D eigenvalue weighted by Crippen LogP contribution is 2.23. The predicted molar refractivity (Wildman–Crippen MR) is 73.5 cm³/mol. The lowest BCUT2D eigenvalue weighted by molar-refractivity contribution is 0.301. The number of aliphatic hydroxyl groups is 1. The standard InChI is InChI=1S/C12H23N5O/c1-4-6-17(7-8-18)12-9(3)11(16-13)14-10(5-2)15-12/h18H,4-8,13H2,1-3H3,(H,14,15,16). The minimum Gasteiger partial charge on any atom is -0.395 e. The van der Waals surface area contributed by atoms with E-state index < -0.39 is 0 Å². The number of nitrogens with zero attached hydrogens (tertiary/aromatic N) is 3. The number of nitrogens with one attached hydrogen (secondary N) is 1. The molecule has 1 aromatic heterocycles. The third kappa shape index (κ3) is 3.30. The monoisotopic (exact) mass is 253 g/mol. The number of nitrogens with two attached hydrogens (primary N) is 1. The van der Waals surface area contributed by atoms with Crippen molar-refractivity contribution in [1.82, 2.24) is 9.97 Å². The van der Waals surface area contributed by atoms with Gasteiger partial charge in [0.05, 0.1) is 6.61 Å². The van der Waals surface area contributed by atoms with Crippen LogP contribution in [0.25, 0.3) is 0 Å². The van der Waals surface area contributed by atoms with Gasteiger partial charge in [0.25, 0.3) is 0 Å². The van der Waals surface area contributed by atoms with Crippen LogP contribution >= 0.6 is 0 Å². The molecule has 6 nitrogen and oxygen atoms in total. The zero-order valence-electron chi connectivity index (χ0n) is 11.4. The summed E-state index contributed by atoms with van der Waals surface area (Å²) < 4.78 is 0. The fourth-order valence-corrected chi connectivity index (χ4v) is 1.87. The first-order valence-corrected chi connectivity index (χ1v) is 6.37. The first-order chi connectivity index (χ1) is 8.67. The average molecular weight is 253 g/mol. The van der Waals surface area contributed by atoms with Gasteiger partial charge in [0.15, 0.2) is 0 Å². The summed E-state index contributed by atoms with van der Waals surface area (Å²) in [7, 11) is 0. The summed E-state index contributed by atoms with van der Waals surface area (Å²) in [6.07, 6.45) is 1.75. The minimum absolute atomic E-state index is 0.107.